The average Bonchev–Trinajstić information content (AvgIpc) is 2.68. The van der Waals surface area contributed by atoms with Crippen LogP contribution in [0.25, 0.3) is 22.3 Å². The third kappa shape index (κ3) is 2.99. The Kier molecular flexibility index (Phi) is 4.63. The molecule has 27 heavy (non-hydrogen) atoms. The highest BCUT2D eigenvalue weighted by Gasteiger charge is 2.24. The summed E-state index contributed by atoms with van der Waals surface area (Å²) >= 11 is 0. The highest BCUT2D eigenvalue weighted by molar-refractivity contribution is 5.96. The SMILES string of the molecule is Cc1ccc(-c2c(C#N)c(N)c(C#N)c(C#N)c2-c2ccc(C)cc2)cc1. The highest BCUT2D eigenvalue weighted by Crippen LogP contribution is 2.42. The minimum absolute atomic E-state index is 0.0421. The summed E-state index contributed by atoms with van der Waals surface area (Å²) in [4.78, 5) is 0. The van der Waals surface area contributed by atoms with E-state index in [0.717, 1.165) is 22.3 Å². The van der Waals surface area contributed by atoms with Crippen LogP contribution in [0.2, 0.25) is 0 Å². The van der Waals surface area contributed by atoms with E-state index in [1.807, 2.05) is 68.4 Å². The first kappa shape index (κ1) is 17.7. The Balaban J connectivity index is 2.54. The summed E-state index contributed by atoms with van der Waals surface area (Å²) in [5, 5.41) is 29.2. The predicted molar refractivity (Wildman–Crippen MR) is 105 cm³/mol. The minimum atomic E-state index is 0.0421. The van der Waals surface area contributed by atoms with E-state index in [9.17, 15) is 15.8 Å². The maximum absolute atomic E-state index is 9.81. The number of nitriles is 3. The van der Waals surface area contributed by atoms with Crippen LogP contribution in [0.1, 0.15) is 27.8 Å². The Morgan fingerprint density at radius 1 is 0.593 bits per heavy atom. The van der Waals surface area contributed by atoms with Gasteiger partial charge in [-0.15, -0.1) is 0 Å². The van der Waals surface area contributed by atoms with Crippen molar-refractivity contribution < 1.29 is 0 Å². The second kappa shape index (κ2) is 7.04. The Morgan fingerprint density at radius 2 is 0.963 bits per heavy atom. The molecule has 2 N–H and O–H groups in total. The third-order valence-corrected chi connectivity index (χ3v) is 4.55. The van der Waals surface area contributed by atoms with E-state index < -0.39 is 0 Å². The monoisotopic (exact) mass is 348 g/mol. The van der Waals surface area contributed by atoms with Crippen molar-refractivity contribution in [3.05, 3.63) is 76.3 Å². The van der Waals surface area contributed by atoms with E-state index in [2.05, 4.69) is 12.1 Å². The van der Waals surface area contributed by atoms with E-state index in [4.69, 9.17) is 5.73 Å². The molecule has 3 rings (SSSR count). The molecule has 0 aliphatic rings. The number of anilines is 1. The molecule has 0 unspecified atom stereocenters. The fourth-order valence-corrected chi connectivity index (χ4v) is 3.13. The quantitative estimate of drug-likeness (QED) is 0.670. The van der Waals surface area contributed by atoms with E-state index in [1.54, 1.807) is 0 Å². The van der Waals surface area contributed by atoms with Crippen molar-refractivity contribution in [2.24, 2.45) is 0 Å². The van der Waals surface area contributed by atoms with Gasteiger partial charge in [0.2, 0.25) is 0 Å². The van der Waals surface area contributed by atoms with Gasteiger partial charge >= 0.3 is 0 Å². The molecule has 0 saturated carbocycles. The fraction of sp³-hybridized carbons (Fsp3) is 0.0870. The van der Waals surface area contributed by atoms with E-state index in [1.165, 1.54) is 0 Å². The van der Waals surface area contributed by atoms with Crippen molar-refractivity contribution in [3.8, 4) is 40.5 Å². The number of hydrogen-bond donors (Lipinski definition) is 1. The third-order valence-electron chi connectivity index (χ3n) is 4.55. The lowest BCUT2D eigenvalue weighted by atomic mass is 9.83. The van der Waals surface area contributed by atoms with Gasteiger partial charge in [0, 0.05) is 11.1 Å². The molecular formula is C23H16N4. The standard InChI is InChI=1S/C23H16N4/c1-14-3-7-16(8-4-14)21-18(11-24)19(12-25)23(27)20(13-26)22(21)17-9-5-15(2)6-10-17/h3-10H,27H2,1-2H3. The molecule has 4 heteroatoms. The van der Waals surface area contributed by atoms with Crippen molar-refractivity contribution in [2.75, 3.05) is 5.73 Å². The molecule has 0 bridgehead atoms. The van der Waals surface area contributed by atoms with Crippen LogP contribution < -0.4 is 5.73 Å². The van der Waals surface area contributed by atoms with Crippen molar-refractivity contribution in [1.29, 1.82) is 15.8 Å². The first-order valence-electron chi connectivity index (χ1n) is 8.35. The zero-order valence-electron chi connectivity index (χ0n) is 15.0. The number of aryl methyl sites for hydroxylation is 2. The molecule has 0 amide bonds. The Labute approximate surface area is 158 Å². The number of nitrogens with zero attached hydrogens (tertiary/aromatic N) is 3. The zero-order valence-corrected chi connectivity index (χ0v) is 15.0. The molecule has 0 heterocycles. The molecule has 128 valence electrons. The van der Waals surface area contributed by atoms with Gasteiger partial charge in [0.15, 0.2) is 0 Å². The lowest BCUT2D eigenvalue weighted by molar-refractivity contribution is 1.39. The lowest BCUT2D eigenvalue weighted by Gasteiger charge is -2.18. The number of rotatable bonds is 2. The number of benzene rings is 3. The van der Waals surface area contributed by atoms with Gasteiger partial charge in [-0.1, -0.05) is 59.7 Å². The highest BCUT2D eigenvalue weighted by atomic mass is 14.6. The van der Waals surface area contributed by atoms with Crippen molar-refractivity contribution in [1.82, 2.24) is 0 Å². The van der Waals surface area contributed by atoms with E-state index in [-0.39, 0.29) is 22.4 Å². The first-order chi connectivity index (χ1) is 13.0. The average molecular weight is 348 g/mol. The largest absolute Gasteiger partial charge is 0.397 e. The van der Waals surface area contributed by atoms with Crippen molar-refractivity contribution >= 4 is 5.69 Å². The number of nitrogens with two attached hydrogens (primary N) is 1. The zero-order chi connectivity index (χ0) is 19.6. The minimum Gasteiger partial charge on any atom is -0.397 e. The van der Waals surface area contributed by atoms with Gasteiger partial charge in [-0.05, 0) is 25.0 Å². The summed E-state index contributed by atoms with van der Waals surface area (Å²) < 4.78 is 0. The Hall–Kier alpha value is -4.07. The van der Waals surface area contributed by atoms with Crippen LogP contribution in [0.15, 0.2) is 48.5 Å². The van der Waals surface area contributed by atoms with Crippen LogP contribution >= 0.6 is 0 Å². The van der Waals surface area contributed by atoms with Gasteiger partial charge in [0.05, 0.1) is 22.4 Å². The van der Waals surface area contributed by atoms with Crippen LogP contribution in [-0.4, -0.2) is 0 Å². The van der Waals surface area contributed by atoms with E-state index in [0.29, 0.717) is 11.1 Å². The molecule has 3 aromatic carbocycles. The van der Waals surface area contributed by atoms with Crippen LogP contribution in [0.5, 0.6) is 0 Å². The Morgan fingerprint density at radius 3 is 1.33 bits per heavy atom. The van der Waals surface area contributed by atoms with Gasteiger partial charge < -0.3 is 5.73 Å². The molecule has 3 aromatic rings. The van der Waals surface area contributed by atoms with Gasteiger partial charge in [-0.3, -0.25) is 0 Å². The topological polar surface area (TPSA) is 97.4 Å². The molecule has 0 aromatic heterocycles. The van der Waals surface area contributed by atoms with Crippen LogP contribution in [0.4, 0.5) is 5.69 Å². The summed E-state index contributed by atoms with van der Waals surface area (Å²) in [6.07, 6.45) is 0. The summed E-state index contributed by atoms with van der Waals surface area (Å²) in [6, 6.07) is 21.6. The maximum Gasteiger partial charge on any atom is 0.103 e. The lowest BCUT2D eigenvalue weighted by Crippen LogP contribution is -2.04. The Bertz CT molecular complexity index is 1150. The second-order valence-electron chi connectivity index (χ2n) is 6.36. The smallest absolute Gasteiger partial charge is 0.103 e. The molecule has 0 aliphatic carbocycles. The first-order valence-corrected chi connectivity index (χ1v) is 8.35. The van der Waals surface area contributed by atoms with Crippen LogP contribution in [0, 0.1) is 47.8 Å². The molecule has 0 aliphatic heterocycles. The van der Waals surface area contributed by atoms with Crippen LogP contribution in [0.3, 0.4) is 0 Å². The number of hydrogen-bond acceptors (Lipinski definition) is 4. The molecule has 0 saturated heterocycles. The number of nitrogen functional groups attached to an aromatic ring is 1. The molecule has 0 spiro atoms. The van der Waals surface area contributed by atoms with Gasteiger partial charge in [-0.25, -0.2) is 0 Å². The van der Waals surface area contributed by atoms with Gasteiger partial charge in [-0.2, -0.15) is 15.8 Å². The second-order valence-corrected chi connectivity index (χ2v) is 6.36. The molecular weight excluding hydrogens is 332 g/mol. The van der Waals surface area contributed by atoms with Gasteiger partial charge in [0.25, 0.3) is 0 Å². The maximum atomic E-state index is 9.81. The molecule has 0 atom stereocenters. The summed E-state index contributed by atoms with van der Waals surface area (Å²) in [6.45, 7) is 3.95. The van der Waals surface area contributed by atoms with Crippen LogP contribution in [-0.2, 0) is 0 Å². The van der Waals surface area contributed by atoms with Crippen molar-refractivity contribution in [2.45, 2.75) is 13.8 Å². The summed E-state index contributed by atoms with van der Waals surface area (Å²) in [5.74, 6) is 0. The van der Waals surface area contributed by atoms with E-state index >= 15 is 0 Å². The van der Waals surface area contributed by atoms with Gasteiger partial charge in [0.1, 0.15) is 18.2 Å². The normalized spacial score (nSPS) is 9.89. The molecule has 0 radical (unpaired) electrons. The summed E-state index contributed by atoms with van der Waals surface area (Å²) in [7, 11) is 0. The summed E-state index contributed by atoms with van der Waals surface area (Å²) in [5.41, 5.74) is 11.4. The molecule has 0 fully saturated rings. The predicted octanol–water partition coefficient (Wildman–Crippen LogP) is 4.83. The fourth-order valence-electron chi connectivity index (χ4n) is 3.13. The van der Waals surface area contributed by atoms with Crippen molar-refractivity contribution in [3.63, 3.8) is 0 Å². The molecule has 4 nitrogen and oxygen atoms in total.